The molecule has 1 unspecified atom stereocenters. The zero-order valence-corrected chi connectivity index (χ0v) is 11.2. The normalized spacial score (nSPS) is 14.6. The molecule has 1 rings (SSSR count). The molecule has 0 amide bonds. The molecule has 1 aromatic carbocycles. The van der Waals surface area contributed by atoms with E-state index in [1.54, 1.807) is 23.9 Å². The van der Waals surface area contributed by atoms with Crippen molar-refractivity contribution in [2.45, 2.75) is 30.7 Å². The van der Waals surface area contributed by atoms with Gasteiger partial charge < -0.3 is 10.4 Å². The fraction of sp³-hybridized carbons (Fsp3) is 0.538. The lowest BCUT2D eigenvalue weighted by Crippen LogP contribution is -2.46. The van der Waals surface area contributed by atoms with Crippen LogP contribution in [0.4, 0.5) is 4.39 Å². The highest BCUT2D eigenvalue weighted by Gasteiger charge is 2.21. The number of halogens is 1. The number of thioether (sulfide) groups is 1. The Morgan fingerprint density at radius 3 is 2.53 bits per heavy atom. The summed E-state index contributed by atoms with van der Waals surface area (Å²) >= 11 is 1.68. The van der Waals surface area contributed by atoms with Gasteiger partial charge >= 0.3 is 0 Å². The SMILES string of the molecule is CCNC(C)(CO)CCSc1ccc(F)cc1. The van der Waals surface area contributed by atoms with E-state index in [4.69, 9.17) is 0 Å². The van der Waals surface area contributed by atoms with Gasteiger partial charge in [0.05, 0.1) is 6.61 Å². The van der Waals surface area contributed by atoms with E-state index in [2.05, 4.69) is 5.32 Å². The number of nitrogens with one attached hydrogen (secondary N) is 1. The van der Waals surface area contributed by atoms with E-state index in [9.17, 15) is 9.50 Å². The number of aliphatic hydroxyl groups is 1. The molecule has 1 aromatic rings. The van der Waals surface area contributed by atoms with E-state index in [0.29, 0.717) is 0 Å². The first kappa shape index (κ1) is 14.5. The fourth-order valence-electron chi connectivity index (χ4n) is 1.58. The number of hydrogen-bond donors (Lipinski definition) is 2. The maximum Gasteiger partial charge on any atom is 0.123 e. The molecule has 2 nitrogen and oxygen atoms in total. The predicted molar refractivity (Wildman–Crippen MR) is 70.9 cm³/mol. The summed E-state index contributed by atoms with van der Waals surface area (Å²) in [6, 6.07) is 6.50. The van der Waals surface area contributed by atoms with Gasteiger partial charge in [0.25, 0.3) is 0 Å². The highest BCUT2D eigenvalue weighted by molar-refractivity contribution is 7.99. The Balaban J connectivity index is 2.38. The first-order valence-electron chi connectivity index (χ1n) is 5.84. The average Bonchev–Trinajstić information content (AvgIpc) is 2.32. The molecule has 0 radical (unpaired) electrons. The molecule has 0 heterocycles. The van der Waals surface area contributed by atoms with E-state index < -0.39 is 0 Å². The van der Waals surface area contributed by atoms with E-state index >= 15 is 0 Å². The van der Waals surface area contributed by atoms with Crippen LogP contribution in [0.1, 0.15) is 20.3 Å². The second kappa shape index (κ2) is 6.99. The van der Waals surface area contributed by atoms with E-state index in [-0.39, 0.29) is 18.0 Å². The molecule has 1 atom stereocenters. The topological polar surface area (TPSA) is 32.3 Å². The first-order chi connectivity index (χ1) is 8.09. The zero-order valence-electron chi connectivity index (χ0n) is 10.4. The highest BCUT2D eigenvalue weighted by atomic mass is 32.2. The number of rotatable bonds is 7. The maximum atomic E-state index is 12.7. The van der Waals surface area contributed by atoms with Crippen molar-refractivity contribution < 1.29 is 9.50 Å². The van der Waals surface area contributed by atoms with Crippen LogP contribution in [-0.4, -0.2) is 29.5 Å². The van der Waals surface area contributed by atoms with Crippen LogP contribution in [-0.2, 0) is 0 Å². The molecule has 2 N–H and O–H groups in total. The summed E-state index contributed by atoms with van der Waals surface area (Å²) < 4.78 is 12.7. The van der Waals surface area contributed by atoms with Crippen molar-refractivity contribution in [3.8, 4) is 0 Å². The molecular formula is C13H20FNOS. The fourth-order valence-corrected chi connectivity index (χ4v) is 2.69. The minimum Gasteiger partial charge on any atom is -0.394 e. The largest absolute Gasteiger partial charge is 0.394 e. The van der Waals surface area contributed by atoms with Crippen LogP contribution in [0.2, 0.25) is 0 Å². The van der Waals surface area contributed by atoms with Crippen LogP contribution in [0.25, 0.3) is 0 Å². The van der Waals surface area contributed by atoms with Crippen molar-refractivity contribution in [1.82, 2.24) is 5.32 Å². The summed E-state index contributed by atoms with van der Waals surface area (Å²) in [7, 11) is 0. The van der Waals surface area contributed by atoms with Crippen LogP contribution < -0.4 is 5.32 Å². The zero-order chi connectivity index (χ0) is 12.7. The van der Waals surface area contributed by atoms with Crippen molar-refractivity contribution >= 4 is 11.8 Å². The average molecular weight is 257 g/mol. The molecule has 17 heavy (non-hydrogen) atoms. The van der Waals surface area contributed by atoms with Crippen LogP contribution >= 0.6 is 11.8 Å². The standard InChI is InChI=1S/C13H20FNOS/c1-3-15-13(2,10-16)8-9-17-12-6-4-11(14)5-7-12/h4-7,15-16H,3,8-10H2,1-2H3. The van der Waals surface area contributed by atoms with Gasteiger partial charge in [-0.05, 0) is 49.9 Å². The molecule has 0 saturated carbocycles. The van der Waals surface area contributed by atoms with Gasteiger partial charge in [0.1, 0.15) is 5.82 Å². The molecule has 0 saturated heterocycles. The maximum absolute atomic E-state index is 12.7. The third kappa shape index (κ3) is 5.06. The highest BCUT2D eigenvalue weighted by Crippen LogP contribution is 2.22. The van der Waals surface area contributed by atoms with Crippen molar-refractivity contribution in [1.29, 1.82) is 0 Å². The number of hydrogen-bond acceptors (Lipinski definition) is 3. The molecular weight excluding hydrogens is 237 g/mol. The number of aliphatic hydroxyl groups excluding tert-OH is 1. The quantitative estimate of drug-likeness (QED) is 0.737. The summed E-state index contributed by atoms with van der Waals surface area (Å²) in [5, 5.41) is 12.6. The van der Waals surface area contributed by atoms with Gasteiger partial charge in [-0.2, -0.15) is 0 Å². The molecule has 0 aliphatic carbocycles. The second-order valence-corrected chi connectivity index (χ2v) is 5.47. The third-order valence-corrected chi connectivity index (χ3v) is 3.70. The van der Waals surface area contributed by atoms with E-state index in [1.807, 2.05) is 13.8 Å². The van der Waals surface area contributed by atoms with Crippen molar-refractivity contribution in [3.05, 3.63) is 30.1 Å². The van der Waals surface area contributed by atoms with Crippen LogP contribution in [0.3, 0.4) is 0 Å². The molecule has 0 aromatic heterocycles. The lowest BCUT2D eigenvalue weighted by Gasteiger charge is -2.28. The smallest absolute Gasteiger partial charge is 0.123 e. The van der Waals surface area contributed by atoms with Gasteiger partial charge in [-0.25, -0.2) is 4.39 Å². The van der Waals surface area contributed by atoms with Gasteiger partial charge in [0, 0.05) is 10.4 Å². The number of likely N-dealkylation sites (N-methyl/N-ethyl adjacent to an activating group) is 1. The lowest BCUT2D eigenvalue weighted by molar-refractivity contribution is 0.173. The van der Waals surface area contributed by atoms with Gasteiger partial charge in [0.15, 0.2) is 0 Å². The minimum atomic E-state index is -0.220. The second-order valence-electron chi connectivity index (χ2n) is 4.30. The third-order valence-electron chi connectivity index (χ3n) is 2.69. The molecule has 96 valence electrons. The van der Waals surface area contributed by atoms with Gasteiger partial charge in [-0.3, -0.25) is 0 Å². The van der Waals surface area contributed by atoms with E-state index in [0.717, 1.165) is 23.6 Å². The van der Waals surface area contributed by atoms with Gasteiger partial charge in [-0.1, -0.05) is 6.92 Å². The summed E-state index contributed by atoms with van der Waals surface area (Å²) in [5.74, 6) is 0.692. The Labute approximate surface area is 107 Å². The molecule has 0 aliphatic heterocycles. The molecule has 0 aliphatic rings. The Kier molecular flexibility index (Phi) is 5.95. The Hall–Kier alpha value is -0.580. The van der Waals surface area contributed by atoms with Gasteiger partial charge in [0.2, 0.25) is 0 Å². The van der Waals surface area contributed by atoms with Gasteiger partial charge in [-0.15, -0.1) is 11.8 Å². The summed E-state index contributed by atoms with van der Waals surface area (Å²) in [5.41, 5.74) is -0.220. The van der Waals surface area contributed by atoms with Crippen molar-refractivity contribution in [3.63, 3.8) is 0 Å². The predicted octanol–water partition coefficient (Wildman–Crippen LogP) is 2.67. The van der Waals surface area contributed by atoms with Crippen molar-refractivity contribution in [2.24, 2.45) is 0 Å². The minimum absolute atomic E-state index is 0.130. The summed E-state index contributed by atoms with van der Waals surface area (Å²) in [4.78, 5) is 1.06. The Bertz CT molecular complexity index is 331. The lowest BCUT2D eigenvalue weighted by atomic mass is 10.0. The van der Waals surface area contributed by atoms with Crippen LogP contribution in [0.5, 0.6) is 0 Å². The molecule has 4 heteroatoms. The summed E-state index contributed by atoms with van der Waals surface area (Å²) in [6.45, 7) is 5.02. The van der Waals surface area contributed by atoms with Crippen molar-refractivity contribution in [2.75, 3.05) is 18.9 Å². The van der Waals surface area contributed by atoms with Crippen LogP contribution in [0.15, 0.2) is 29.2 Å². The first-order valence-corrected chi connectivity index (χ1v) is 6.82. The molecule has 0 spiro atoms. The molecule has 0 bridgehead atoms. The van der Waals surface area contributed by atoms with E-state index in [1.165, 1.54) is 12.1 Å². The Morgan fingerprint density at radius 1 is 1.35 bits per heavy atom. The number of benzene rings is 1. The monoisotopic (exact) mass is 257 g/mol. The van der Waals surface area contributed by atoms with Crippen LogP contribution in [0, 0.1) is 5.82 Å². The molecule has 0 fully saturated rings. The Morgan fingerprint density at radius 2 is 2.00 bits per heavy atom. The summed E-state index contributed by atoms with van der Waals surface area (Å²) in [6.07, 6.45) is 0.874.